The van der Waals surface area contributed by atoms with Crippen molar-refractivity contribution in [1.29, 1.82) is 0 Å². The van der Waals surface area contributed by atoms with Gasteiger partial charge in [-0.15, -0.1) is 0 Å². The van der Waals surface area contributed by atoms with Gasteiger partial charge >= 0.3 is 5.97 Å². The quantitative estimate of drug-likeness (QED) is 0.825. The maximum absolute atomic E-state index is 12.2. The van der Waals surface area contributed by atoms with Crippen LogP contribution in [0.25, 0.3) is 0 Å². The van der Waals surface area contributed by atoms with Crippen molar-refractivity contribution >= 4 is 29.4 Å². The fourth-order valence-electron chi connectivity index (χ4n) is 1.94. The van der Waals surface area contributed by atoms with Crippen LogP contribution in [0.15, 0.2) is 24.3 Å². The van der Waals surface area contributed by atoms with E-state index in [4.69, 9.17) is 16.7 Å². The summed E-state index contributed by atoms with van der Waals surface area (Å²) >= 11 is 5.87. The number of benzene rings is 1. The monoisotopic (exact) mass is 267 g/mol. The molecule has 5 nitrogen and oxygen atoms in total. The van der Waals surface area contributed by atoms with Crippen LogP contribution in [-0.4, -0.2) is 33.8 Å². The molecule has 0 saturated carbocycles. The van der Waals surface area contributed by atoms with Crippen LogP contribution in [0.3, 0.4) is 0 Å². The molecule has 0 spiro atoms. The average Bonchev–Trinajstić information content (AvgIpc) is 2.71. The summed E-state index contributed by atoms with van der Waals surface area (Å²) < 4.78 is 0. The van der Waals surface area contributed by atoms with Crippen LogP contribution < -0.4 is 0 Å². The van der Waals surface area contributed by atoms with Gasteiger partial charge in [0.1, 0.15) is 6.04 Å². The topological polar surface area (TPSA) is 74.7 Å². The summed E-state index contributed by atoms with van der Waals surface area (Å²) in [6.07, 6.45) is 0.206. The van der Waals surface area contributed by atoms with Crippen LogP contribution in [0.2, 0.25) is 5.02 Å². The molecule has 0 aliphatic carbocycles. The maximum Gasteiger partial charge on any atom is 0.326 e. The lowest BCUT2D eigenvalue weighted by Crippen LogP contribution is -2.43. The smallest absolute Gasteiger partial charge is 0.326 e. The molecule has 1 N–H and O–H groups in total. The summed E-state index contributed by atoms with van der Waals surface area (Å²) in [6, 6.07) is 5.15. The van der Waals surface area contributed by atoms with Gasteiger partial charge in [-0.05, 0) is 18.6 Å². The minimum atomic E-state index is -1.18. The Hall–Kier alpha value is -1.88. The first-order valence-corrected chi connectivity index (χ1v) is 5.74. The molecule has 1 saturated heterocycles. The largest absolute Gasteiger partial charge is 0.480 e. The van der Waals surface area contributed by atoms with Gasteiger partial charge < -0.3 is 5.11 Å². The lowest BCUT2D eigenvalue weighted by atomic mass is 10.1. The van der Waals surface area contributed by atoms with E-state index < -0.39 is 23.8 Å². The van der Waals surface area contributed by atoms with Gasteiger partial charge in [0.05, 0.1) is 10.6 Å². The molecule has 18 heavy (non-hydrogen) atoms. The van der Waals surface area contributed by atoms with Crippen molar-refractivity contribution in [3.8, 4) is 0 Å². The van der Waals surface area contributed by atoms with Gasteiger partial charge in [-0.25, -0.2) is 4.79 Å². The number of imide groups is 1. The predicted octanol–water partition coefficient (Wildman–Crippen LogP) is 1.56. The molecule has 1 aliphatic heterocycles. The third-order valence-corrected chi connectivity index (χ3v) is 3.15. The van der Waals surface area contributed by atoms with Crippen LogP contribution >= 0.6 is 11.6 Å². The zero-order valence-corrected chi connectivity index (χ0v) is 10.1. The zero-order chi connectivity index (χ0) is 13.3. The number of carbonyl (C=O) groups excluding carboxylic acids is 2. The normalized spacial score (nSPS) is 19.1. The molecule has 1 heterocycles. The molecule has 2 amide bonds. The van der Waals surface area contributed by atoms with Gasteiger partial charge in [0.2, 0.25) is 5.91 Å². The van der Waals surface area contributed by atoms with E-state index in [1.807, 2.05) is 0 Å². The Balaban J connectivity index is 2.36. The molecule has 1 aliphatic rings. The van der Waals surface area contributed by atoms with Crippen molar-refractivity contribution in [2.75, 3.05) is 0 Å². The van der Waals surface area contributed by atoms with E-state index in [9.17, 15) is 14.4 Å². The third kappa shape index (κ3) is 2.09. The number of nitrogens with zero attached hydrogens (tertiary/aromatic N) is 1. The van der Waals surface area contributed by atoms with Gasteiger partial charge in [-0.2, -0.15) is 0 Å². The first-order valence-electron chi connectivity index (χ1n) is 5.36. The highest BCUT2D eigenvalue weighted by Crippen LogP contribution is 2.24. The van der Waals surface area contributed by atoms with E-state index in [-0.39, 0.29) is 23.4 Å². The Kier molecular flexibility index (Phi) is 3.34. The van der Waals surface area contributed by atoms with Gasteiger partial charge in [0, 0.05) is 6.42 Å². The van der Waals surface area contributed by atoms with Crippen molar-refractivity contribution in [3.63, 3.8) is 0 Å². The summed E-state index contributed by atoms with van der Waals surface area (Å²) in [5.41, 5.74) is 0.140. The second-order valence-corrected chi connectivity index (χ2v) is 4.35. The van der Waals surface area contributed by atoms with Crippen molar-refractivity contribution in [1.82, 2.24) is 4.90 Å². The third-order valence-electron chi connectivity index (χ3n) is 2.82. The standard InChI is InChI=1S/C12H10ClNO4/c13-8-4-2-1-3-7(8)11(16)14-9(12(17)18)5-6-10(14)15/h1-4,9H,5-6H2,(H,17,18). The number of likely N-dealkylation sites (tertiary alicyclic amines) is 1. The van der Waals surface area contributed by atoms with Gasteiger partial charge in [0.25, 0.3) is 5.91 Å². The number of aliphatic carboxylic acids is 1. The highest BCUT2D eigenvalue weighted by molar-refractivity contribution is 6.34. The lowest BCUT2D eigenvalue weighted by Gasteiger charge is -2.20. The lowest BCUT2D eigenvalue weighted by molar-refractivity contribution is -0.144. The van der Waals surface area contributed by atoms with E-state index in [0.717, 1.165) is 4.90 Å². The number of carboxylic acid groups (broad SMARTS) is 1. The second-order valence-electron chi connectivity index (χ2n) is 3.94. The van der Waals surface area contributed by atoms with E-state index in [1.54, 1.807) is 12.1 Å². The van der Waals surface area contributed by atoms with Crippen molar-refractivity contribution < 1.29 is 19.5 Å². The SMILES string of the molecule is O=C(O)C1CCC(=O)N1C(=O)c1ccccc1Cl. The molecule has 1 atom stereocenters. The number of amides is 2. The molecule has 1 aromatic rings. The highest BCUT2D eigenvalue weighted by atomic mass is 35.5. The Morgan fingerprint density at radius 1 is 1.33 bits per heavy atom. The van der Waals surface area contributed by atoms with Gasteiger partial charge in [-0.1, -0.05) is 23.7 Å². The predicted molar refractivity (Wildman–Crippen MR) is 63.3 cm³/mol. The average molecular weight is 268 g/mol. The number of rotatable bonds is 2. The van der Waals surface area contributed by atoms with Crippen LogP contribution in [0, 0.1) is 0 Å². The molecule has 6 heteroatoms. The van der Waals surface area contributed by atoms with Gasteiger partial charge in [0.15, 0.2) is 0 Å². The van der Waals surface area contributed by atoms with Crippen molar-refractivity contribution in [2.24, 2.45) is 0 Å². The molecule has 2 rings (SSSR count). The van der Waals surface area contributed by atoms with Crippen LogP contribution in [0.1, 0.15) is 23.2 Å². The number of hydrogen-bond acceptors (Lipinski definition) is 3. The fraction of sp³-hybridized carbons (Fsp3) is 0.250. The molecule has 0 aromatic heterocycles. The van der Waals surface area contributed by atoms with E-state index in [1.165, 1.54) is 12.1 Å². The minimum Gasteiger partial charge on any atom is -0.480 e. The van der Waals surface area contributed by atoms with Crippen molar-refractivity contribution in [3.05, 3.63) is 34.9 Å². The fourth-order valence-corrected chi connectivity index (χ4v) is 2.15. The number of hydrogen-bond donors (Lipinski definition) is 1. The molecular weight excluding hydrogens is 258 g/mol. The Labute approximate surface area is 108 Å². The zero-order valence-electron chi connectivity index (χ0n) is 9.30. The van der Waals surface area contributed by atoms with Crippen LogP contribution in [-0.2, 0) is 9.59 Å². The molecule has 1 unspecified atom stereocenters. The Bertz CT molecular complexity index is 529. The summed E-state index contributed by atoms with van der Waals surface area (Å²) in [6.45, 7) is 0. The summed E-state index contributed by atoms with van der Waals surface area (Å²) in [5.74, 6) is -2.32. The molecule has 94 valence electrons. The molecule has 0 radical (unpaired) electrons. The van der Waals surface area contributed by atoms with Gasteiger partial charge in [-0.3, -0.25) is 14.5 Å². The maximum atomic E-state index is 12.2. The molecule has 0 bridgehead atoms. The first kappa shape index (κ1) is 12.6. The van der Waals surface area contributed by atoms with E-state index in [2.05, 4.69) is 0 Å². The Morgan fingerprint density at radius 2 is 2.00 bits per heavy atom. The van der Waals surface area contributed by atoms with Crippen LogP contribution in [0.5, 0.6) is 0 Å². The van der Waals surface area contributed by atoms with Crippen LogP contribution in [0.4, 0.5) is 0 Å². The number of carbonyl (C=O) groups is 3. The van der Waals surface area contributed by atoms with Crippen molar-refractivity contribution in [2.45, 2.75) is 18.9 Å². The second kappa shape index (κ2) is 4.78. The number of halogens is 1. The summed E-state index contributed by atoms with van der Waals surface area (Å²) in [5, 5.41) is 9.19. The van der Waals surface area contributed by atoms with E-state index >= 15 is 0 Å². The molecule has 1 aromatic carbocycles. The van der Waals surface area contributed by atoms with E-state index in [0.29, 0.717) is 0 Å². The summed E-state index contributed by atoms with van der Waals surface area (Å²) in [4.78, 5) is 35.5. The first-order chi connectivity index (χ1) is 8.52. The number of carboxylic acids is 1. The molecule has 1 fully saturated rings. The Morgan fingerprint density at radius 3 is 2.61 bits per heavy atom. The summed E-state index contributed by atoms with van der Waals surface area (Å²) in [7, 11) is 0. The minimum absolute atomic E-state index is 0.0627. The highest BCUT2D eigenvalue weighted by Gasteiger charge is 2.40. The molecular formula is C12H10ClNO4.